The Labute approximate surface area is 112 Å². The van der Waals surface area contributed by atoms with Crippen LogP contribution in [0.2, 0.25) is 0 Å². The highest BCUT2D eigenvalue weighted by Gasteiger charge is 2.19. The molecule has 2 aromatic rings. The molecular formula is C14H9ClF4. The van der Waals surface area contributed by atoms with Crippen molar-refractivity contribution in [1.82, 2.24) is 0 Å². The van der Waals surface area contributed by atoms with Crippen LogP contribution >= 0.6 is 11.6 Å². The maximum absolute atomic E-state index is 13.6. The number of benzene rings is 2. The first kappa shape index (κ1) is 13.9. The summed E-state index contributed by atoms with van der Waals surface area (Å²) in [6.45, 7) is 1.53. The van der Waals surface area contributed by atoms with Crippen molar-refractivity contribution in [1.29, 1.82) is 0 Å². The molecule has 19 heavy (non-hydrogen) atoms. The Hall–Kier alpha value is -1.55. The summed E-state index contributed by atoms with van der Waals surface area (Å²) in [6, 6.07) is 5.16. The van der Waals surface area contributed by atoms with Crippen LogP contribution in [0.15, 0.2) is 30.3 Å². The number of alkyl halides is 1. The van der Waals surface area contributed by atoms with Crippen molar-refractivity contribution in [3.05, 3.63) is 70.3 Å². The number of hydrogen-bond donors (Lipinski definition) is 0. The number of rotatable bonds is 2. The molecule has 0 nitrogen and oxygen atoms in total. The van der Waals surface area contributed by atoms with E-state index in [-0.39, 0.29) is 5.56 Å². The van der Waals surface area contributed by atoms with Gasteiger partial charge in [-0.3, -0.25) is 0 Å². The Kier molecular flexibility index (Phi) is 3.80. The second-order valence-electron chi connectivity index (χ2n) is 4.16. The van der Waals surface area contributed by atoms with Crippen LogP contribution in [-0.2, 0) is 0 Å². The molecule has 2 aromatic carbocycles. The summed E-state index contributed by atoms with van der Waals surface area (Å²) in [5.41, 5.74) is 0.559. The maximum atomic E-state index is 13.6. The highest BCUT2D eigenvalue weighted by Crippen LogP contribution is 2.32. The van der Waals surface area contributed by atoms with Gasteiger partial charge in [0.2, 0.25) is 0 Å². The molecule has 0 bridgehead atoms. The lowest BCUT2D eigenvalue weighted by Gasteiger charge is -2.13. The number of hydrogen-bond acceptors (Lipinski definition) is 0. The first-order chi connectivity index (χ1) is 8.90. The van der Waals surface area contributed by atoms with Crippen LogP contribution in [0.1, 0.15) is 22.1 Å². The van der Waals surface area contributed by atoms with Crippen molar-refractivity contribution in [2.45, 2.75) is 12.3 Å². The highest BCUT2D eigenvalue weighted by molar-refractivity contribution is 6.22. The van der Waals surface area contributed by atoms with E-state index in [9.17, 15) is 17.6 Å². The minimum atomic E-state index is -1.28. The Morgan fingerprint density at radius 2 is 1.47 bits per heavy atom. The van der Waals surface area contributed by atoms with E-state index in [0.29, 0.717) is 23.3 Å². The van der Waals surface area contributed by atoms with Gasteiger partial charge in [-0.1, -0.05) is 12.1 Å². The van der Waals surface area contributed by atoms with Gasteiger partial charge < -0.3 is 0 Å². The van der Waals surface area contributed by atoms with Crippen LogP contribution in [0.3, 0.4) is 0 Å². The fourth-order valence-corrected chi connectivity index (χ4v) is 2.04. The summed E-state index contributed by atoms with van der Waals surface area (Å²) < 4.78 is 52.7. The normalized spacial score (nSPS) is 12.5. The van der Waals surface area contributed by atoms with Crippen LogP contribution in [0.4, 0.5) is 17.6 Å². The van der Waals surface area contributed by atoms with Crippen LogP contribution in [-0.4, -0.2) is 0 Å². The monoisotopic (exact) mass is 288 g/mol. The van der Waals surface area contributed by atoms with E-state index in [0.717, 1.165) is 0 Å². The van der Waals surface area contributed by atoms with Gasteiger partial charge in [-0.2, -0.15) is 0 Å². The van der Waals surface area contributed by atoms with Gasteiger partial charge in [0.15, 0.2) is 11.6 Å². The van der Waals surface area contributed by atoms with Crippen molar-refractivity contribution >= 4 is 11.6 Å². The average Bonchev–Trinajstić information content (AvgIpc) is 2.36. The van der Waals surface area contributed by atoms with E-state index in [1.54, 1.807) is 0 Å². The van der Waals surface area contributed by atoms with Crippen molar-refractivity contribution in [2.24, 2.45) is 0 Å². The van der Waals surface area contributed by atoms with Crippen molar-refractivity contribution in [3.63, 3.8) is 0 Å². The van der Waals surface area contributed by atoms with Gasteiger partial charge in [0.25, 0.3) is 0 Å². The molecule has 0 saturated carbocycles. The third-order valence-electron chi connectivity index (χ3n) is 2.79. The van der Waals surface area contributed by atoms with E-state index in [2.05, 4.69) is 0 Å². The first-order valence-electron chi connectivity index (χ1n) is 5.44. The van der Waals surface area contributed by atoms with Gasteiger partial charge >= 0.3 is 0 Å². The molecule has 0 heterocycles. The molecule has 2 rings (SSSR count). The summed E-state index contributed by atoms with van der Waals surface area (Å²) in [6.07, 6.45) is 0. The van der Waals surface area contributed by atoms with E-state index in [4.69, 9.17) is 11.6 Å². The standard InChI is InChI=1S/C14H9ClF4/c1-7-4-8(2-3-10(7)16)14(15)9-5-12(18)13(19)6-11(9)17/h2-6,14H,1H3. The predicted molar refractivity (Wildman–Crippen MR) is 65.1 cm³/mol. The fraction of sp³-hybridized carbons (Fsp3) is 0.143. The highest BCUT2D eigenvalue weighted by atomic mass is 35.5. The van der Waals surface area contributed by atoms with Crippen molar-refractivity contribution in [3.8, 4) is 0 Å². The largest absolute Gasteiger partial charge is 0.207 e. The second kappa shape index (κ2) is 5.21. The topological polar surface area (TPSA) is 0 Å². The zero-order chi connectivity index (χ0) is 14.2. The molecule has 0 aliphatic heterocycles. The molecule has 0 radical (unpaired) electrons. The third kappa shape index (κ3) is 2.73. The maximum Gasteiger partial charge on any atom is 0.161 e. The molecule has 0 N–H and O–H groups in total. The Morgan fingerprint density at radius 1 is 0.842 bits per heavy atom. The molecule has 1 atom stereocenters. The summed E-state index contributed by atoms with van der Waals surface area (Å²) in [5, 5.41) is -1.02. The molecule has 100 valence electrons. The fourth-order valence-electron chi connectivity index (χ4n) is 1.74. The lowest BCUT2D eigenvalue weighted by Crippen LogP contribution is -2.01. The van der Waals surface area contributed by atoms with Crippen LogP contribution in [0.5, 0.6) is 0 Å². The summed E-state index contributed by atoms with van der Waals surface area (Å²) in [5.74, 6) is -3.82. The molecule has 5 heteroatoms. The molecule has 0 aliphatic rings. The molecule has 0 spiro atoms. The minimum absolute atomic E-state index is 0.188. The van der Waals surface area contributed by atoms with Gasteiger partial charge in [-0.25, -0.2) is 17.6 Å². The second-order valence-corrected chi connectivity index (χ2v) is 4.60. The average molecular weight is 289 g/mol. The Bertz CT molecular complexity index is 625. The van der Waals surface area contributed by atoms with E-state index >= 15 is 0 Å². The molecule has 1 unspecified atom stereocenters. The molecule has 0 fully saturated rings. The van der Waals surface area contributed by atoms with Crippen LogP contribution in [0, 0.1) is 30.2 Å². The van der Waals surface area contributed by atoms with E-state index in [1.807, 2.05) is 0 Å². The lowest BCUT2D eigenvalue weighted by molar-refractivity contribution is 0.490. The van der Waals surface area contributed by atoms with Gasteiger partial charge in [-0.05, 0) is 30.2 Å². The minimum Gasteiger partial charge on any atom is -0.207 e. The lowest BCUT2D eigenvalue weighted by atomic mass is 10.0. The van der Waals surface area contributed by atoms with E-state index < -0.39 is 28.6 Å². The van der Waals surface area contributed by atoms with Crippen LogP contribution < -0.4 is 0 Å². The Balaban J connectivity index is 2.46. The molecule has 0 amide bonds. The summed E-state index contributed by atoms with van der Waals surface area (Å²) in [4.78, 5) is 0. The smallest absolute Gasteiger partial charge is 0.161 e. The van der Waals surface area contributed by atoms with Gasteiger partial charge in [0.1, 0.15) is 11.6 Å². The third-order valence-corrected chi connectivity index (χ3v) is 3.27. The molecule has 0 aromatic heterocycles. The summed E-state index contributed by atoms with van der Waals surface area (Å²) >= 11 is 6.03. The van der Waals surface area contributed by atoms with Crippen LogP contribution in [0.25, 0.3) is 0 Å². The van der Waals surface area contributed by atoms with E-state index in [1.165, 1.54) is 25.1 Å². The van der Waals surface area contributed by atoms with Gasteiger partial charge in [-0.15, -0.1) is 11.6 Å². The number of aryl methyl sites for hydroxylation is 1. The quantitative estimate of drug-likeness (QED) is 0.420. The SMILES string of the molecule is Cc1cc(C(Cl)c2cc(F)c(F)cc2F)ccc1F. The predicted octanol–water partition coefficient (Wildman–Crippen LogP) is 4.88. The summed E-state index contributed by atoms with van der Waals surface area (Å²) in [7, 11) is 0. The van der Waals surface area contributed by atoms with Gasteiger partial charge in [0.05, 0.1) is 5.38 Å². The number of halogens is 5. The zero-order valence-corrected chi connectivity index (χ0v) is 10.6. The molecular weight excluding hydrogens is 280 g/mol. The first-order valence-corrected chi connectivity index (χ1v) is 5.88. The van der Waals surface area contributed by atoms with Crippen molar-refractivity contribution < 1.29 is 17.6 Å². The Morgan fingerprint density at radius 3 is 2.11 bits per heavy atom. The molecule has 0 saturated heterocycles. The zero-order valence-electron chi connectivity index (χ0n) is 9.85. The van der Waals surface area contributed by atoms with Gasteiger partial charge in [0, 0.05) is 11.6 Å². The molecule has 0 aliphatic carbocycles. The van der Waals surface area contributed by atoms with Crippen molar-refractivity contribution in [2.75, 3.05) is 0 Å².